The predicted octanol–water partition coefficient (Wildman–Crippen LogP) is 2.05. The Labute approximate surface area is 117 Å². The molecule has 1 atom stereocenters. The monoisotopic (exact) mass is 337 g/mol. The minimum absolute atomic E-state index is 0.107. The van der Waals surface area contributed by atoms with Crippen LogP contribution in [-0.2, 0) is 16.6 Å². The van der Waals surface area contributed by atoms with Gasteiger partial charge in [0.2, 0.25) is 0 Å². The van der Waals surface area contributed by atoms with Gasteiger partial charge in [0.05, 0.1) is 0 Å². The molecule has 0 amide bonds. The summed E-state index contributed by atoms with van der Waals surface area (Å²) in [6.45, 7) is 7.04. The SMILES string of the molecule is CCCn1cc(S(=O)(=O)NCCC(C)Br)nc1C. The summed E-state index contributed by atoms with van der Waals surface area (Å²) in [5, 5.41) is 0.107. The summed E-state index contributed by atoms with van der Waals surface area (Å²) in [6, 6.07) is 0. The van der Waals surface area contributed by atoms with Gasteiger partial charge >= 0.3 is 0 Å². The Morgan fingerprint density at radius 2 is 2.22 bits per heavy atom. The van der Waals surface area contributed by atoms with Crippen LogP contribution < -0.4 is 4.72 Å². The van der Waals surface area contributed by atoms with E-state index in [1.807, 2.05) is 25.3 Å². The van der Waals surface area contributed by atoms with Gasteiger partial charge in [-0.05, 0) is 19.8 Å². The zero-order valence-corrected chi connectivity index (χ0v) is 13.4. The van der Waals surface area contributed by atoms with Crippen molar-refractivity contribution < 1.29 is 8.42 Å². The number of nitrogens with one attached hydrogen (secondary N) is 1. The highest BCUT2D eigenvalue weighted by Gasteiger charge is 2.18. The van der Waals surface area contributed by atoms with Crippen LogP contribution in [0.3, 0.4) is 0 Å². The third-order valence-electron chi connectivity index (χ3n) is 2.53. The fourth-order valence-electron chi connectivity index (χ4n) is 1.54. The highest BCUT2D eigenvalue weighted by molar-refractivity contribution is 9.09. The average molecular weight is 338 g/mol. The maximum Gasteiger partial charge on any atom is 0.259 e. The van der Waals surface area contributed by atoms with Crippen molar-refractivity contribution in [1.29, 1.82) is 0 Å². The van der Waals surface area contributed by atoms with Crippen molar-refractivity contribution in [2.45, 2.75) is 50.0 Å². The number of hydrogen-bond donors (Lipinski definition) is 1. The predicted molar refractivity (Wildman–Crippen MR) is 75.4 cm³/mol. The van der Waals surface area contributed by atoms with E-state index >= 15 is 0 Å². The molecule has 0 aromatic carbocycles. The van der Waals surface area contributed by atoms with Gasteiger partial charge in [-0.3, -0.25) is 0 Å². The van der Waals surface area contributed by atoms with Crippen LogP contribution in [0.15, 0.2) is 11.2 Å². The Bertz CT molecular complexity index is 482. The van der Waals surface area contributed by atoms with E-state index in [0.29, 0.717) is 11.4 Å². The van der Waals surface area contributed by atoms with Crippen LogP contribution in [0, 0.1) is 6.92 Å². The van der Waals surface area contributed by atoms with E-state index in [1.165, 1.54) is 0 Å². The molecule has 0 saturated heterocycles. The van der Waals surface area contributed by atoms with Crippen LogP contribution in [0.25, 0.3) is 0 Å². The molecule has 1 N–H and O–H groups in total. The van der Waals surface area contributed by atoms with Crippen molar-refractivity contribution in [2.75, 3.05) is 6.54 Å². The van der Waals surface area contributed by atoms with Gasteiger partial charge < -0.3 is 4.57 Å². The number of alkyl halides is 1. The quantitative estimate of drug-likeness (QED) is 0.774. The second kappa shape index (κ2) is 6.68. The van der Waals surface area contributed by atoms with Gasteiger partial charge in [0.1, 0.15) is 5.82 Å². The van der Waals surface area contributed by atoms with Crippen LogP contribution >= 0.6 is 15.9 Å². The van der Waals surface area contributed by atoms with Gasteiger partial charge in [0.25, 0.3) is 10.0 Å². The van der Waals surface area contributed by atoms with Crippen LogP contribution in [0.5, 0.6) is 0 Å². The van der Waals surface area contributed by atoms with Crippen molar-refractivity contribution in [2.24, 2.45) is 0 Å². The number of halogens is 1. The normalized spacial score (nSPS) is 13.8. The Kier molecular flexibility index (Phi) is 5.81. The van der Waals surface area contributed by atoms with E-state index in [-0.39, 0.29) is 5.03 Å². The van der Waals surface area contributed by atoms with Crippen molar-refractivity contribution in [1.82, 2.24) is 14.3 Å². The number of aryl methyl sites for hydroxylation is 2. The number of imidazole rings is 1. The Balaban J connectivity index is 2.75. The molecule has 1 heterocycles. The second-order valence-corrected chi connectivity index (χ2v) is 7.56. The standard InChI is InChI=1S/C11H20BrN3O2S/c1-4-7-15-8-11(14-10(15)3)18(16,17)13-6-5-9(2)12/h8-9,13H,4-7H2,1-3H3. The first-order valence-electron chi connectivity index (χ1n) is 6.04. The van der Waals surface area contributed by atoms with Gasteiger partial charge in [-0.25, -0.2) is 18.1 Å². The first-order valence-corrected chi connectivity index (χ1v) is 8.44. The number of nitrogens with zero attached hydrogens (tertiary/aromatic N) is 2. The van der Waals surface area contributed by atoms with E-state index in [9.17, 15) is 8.42 Å². The van der Waals surface area contributed by atoms with Gasteiger partial charge in [0.15, 0.2) is 5.03 Å². The van der Waals surface area contributed by atoms with Crippen LogP contribution in [0.4, 0.5) is 0 Å². The first-order chi connectivity index (χ1) is 8.36. The lowest BCUT2D eigenvalue weighted by Crippen LogP contribution is -2.26. The van der Waals surface area contributed by atoms with Gasteiger partial charge in [-0.2, -0.15) is 0 Å². The number of rotatable bonds is 7. The van der Waals surface area contributed by atoms with Crippen molar-refractivity contribution >= 4 is 26.0 Å². The molecule has 7 heteroatoms. The van der Waals surface area contributed by atoms with Gasteiger partial charge in [-0.1, -0.05) is 29.8 Å². The summed E-state index contributed by atoms with van der Waals surface area (Å²) in [6.07, 6.45) is 3.29. The van der Waals surface area contributed by atoms with Crippen molar-refractivity contribution in [3.05, 3.63) is 12.0 Å². The van der Waals surface area contributed by atoms with E-state index in [4.69, 9.17) is 0 Å². The maximum atomic E-state index is 12.0. The lowest BCUT2D eigenvalue weighted by molar-refractivity contribution is 0.575. The molecular weight excluding hydrogens is 318 g/mol. The highest BCUT2D eigenvalue weighted by Crippen LogP contribution is 2.10. The number of sulfonamides is 1. The van der Waals surface area contributed by atoms with Crippen LogP contribution in [0.1, 0.15) is 32.5 Å². The number of aromatic nitrogens is 2. The third-order valence-corrected chi connectivity index (χ3v) is 4.32. The molecule has 0 bridgehead atoms. The van der Waals surface area contributed by atoms with E-state index in [0.717, 1.165) is 25.2 Å². The van der Waals surface area contributed by atoms with E-state index in [1.54, 1.807) is 6.20 Å². The van der Waals surface area contributed by atoms with Crippen molar-refractivity contribution in [3.63, 3.8) is 0 Å². The van der Waals surface area contributed by atoms with E-state index < -0.39 is 10.0 Å². The summed E-state index contributed by atoms with van der Waals surface area (Å²) >= 11 is 3.38. The highest BCUT2D eigenvalue weighted by atomic mass is 79.9. The molecular formula is C11H20BrN3O2S. The molecule has 0 fully saturated rings. The lowest BCUT2D eigenvalue weighted by Gasteiger charge is -2.05. The Hall–Kier alpha value is -0.400. The molecule has 0 aliphatic heterocycles. The molecule has 1 aromatic rings. The summed E-state index contributed by atoms with van der Waals surface area (Å²) in [5.74, 6) is 0.728. The molecule has 0 spiro atoms. The molecule has 5 nitrogen and oxygen atoms in total. The Morgan fingerprint density at radius 1 is 1.56 bits per heavy atom. The number of hydrogen-bond acceptors (Lipinski definition) is 3. The summed E-state index contributed by atoms with van der Waals surface area (Å²) < 4.78 is 28.4. The summed E-state index contributed by atoms with van der Waals surface area (Å²) in [5.41, 5.74) is 0. The zero-order chi connectivity index (χ0) is 13.8. The second-order valence-electron chi connectivity index (χ2n) is 4.29. The first kappa shape index (κ1) is 15.7. The Morgan fingerprint density at radius 3 is 2.78 bits per heavy atom. The molecule has 0 aliphatic carbocycles. The van der Waals surface area contributed by atoms with E-state index in [2.05, 4.69) is 25.6 Å². The molecule has 0 radical (unpaired) electrons. The third kappa shape index (κ3) is 4.37. The largest absolute Gasteiger partial charge is 0.334 e. The van der Waals surface area contributed by atoms with Crippen LogP contribution in [-0.4, -0.2) is 29.3 Å². The maximum absolute atomic E-state index is 12.0. The summed E-state index contributed by atoms with van der Waals surface area (Å²) in [4.78, 5) is 4.39. The van der Waals surface area contributed by atoms with Gasteiger partial charge in [-0.15, -0.1) is 0 Å². The lowest BCUT2D eigenvalue weighted by atomic mass is 10.3. The van der Waals surface area contributed by atoms with Crippen LogP contribution in [0.2, 0.25) is 0 Å². The molecule has 1 aromatic heterocycles. The fourth-order valence-corrected chi connectivity index (χ4v) is 2.82. The fraction of sp³-hybridized carbons (Fsp3) is 0.727. The molecule has 104 valence electrons. The molecule has 18 heavy (non-hydrogen) atoms. The smallest absolute Gasteiger partial charge is 0.259 e. The van der Waals surface area contributed by atoms with Crippen molar-refractivity contribution in [3.8, 4) is 0 Å². The molecule has 1 rings (SSSR count). The minimum Gasteiger partial charge on any atom is -0.334 e. The zero-order valence-electron chi connectivity index (χ0n) is 11.0. The summed E-state index contributed by atoms with van der Waals surface area (Å²) in [7, 11) is -3.48. The molecule has 0 aliphatic rings. The average Bonchev–Trinajstić information content (AvgIpc) is 2.61. The molecule has 0 saturated carbocycles. The topological polar surface area (TPSA) is 64.0 Å². The molecule has 1 unspecified atom stereocenters. The minimum atomic E-state index is -3.48. The van der Waals surface area contributed by atoms with Gasteiger partial charge in [0, 0.05) is 24.1 Å².